The fourth-order valence-electron chi connectivity index (χ4n) is 2.37. The molecule has 1 aromatic carbocycles. The number of nitrogens with zero attached hydrogens (tertiary/aromatic N) is 1. The van der Waals surface area contributed by atoms with Crippen LogP contribution in [0.1, 0.15) is 28.8 Å². The van der Waals surface area contributed by atoms with Crippen LogP contribution in [-0.2, 0) is 0 Å². The molecule has 0 saturated carbocycles. The third kappa shape index (κ3) is 2.83. The normalized spacial score (nSPS) is 19.9. The molecule has 0 bridgehead atoms. The molecule has 1 aromatic rings. The van der Waals surface area contributed by atoms with Gasteiger partial charge in [0.05, 0.1) is 0 Å². The van der Waals surface area contributed by atoms with Crippen LogP contribution < -0.4 is 0 Å². The highest BCUT2D eigenvalue weighted by atomic mass is 35.5. The van der Waals surface area contributed by atoms with Crippen molar-refractivity contribution in [1.82, 2.24) is 4.90 Å². The maximum absolute atomic E-state index is 13.2. The van der Waals surface area contributed by atoms with Crippen molar-refractivity contribution in [3.05, 3.63) is 35.1 Å². The van der Waals surface area contributed by atoms with E-state index in [2.05, 4.69) is 0 Å². The number of likely N-dealkylation sites (tertiary alicyclic amines) is 1. The number of carbonyl (C=O) groups is 1. The molecule has 1 atom stereocenters. The second kappa shape index (κ2) is 5.70. The van der Waals surface area contributed by atoms with Gasteiger partial charge >= 0.3 is 0 Å². The molecule has 1 aliphatic heterocycles. The molecule has 1 saturated heterocycles. The molecule has 0 aliphatic carbocycles. The van der Waals surface area contributed by atoms with E-state index in [-0.39, 0.29) is 11.7 Å². The number of carbonyl (C=O) groups excluding carboxylic acids is 1. The van der Waals surface area contributed by atoms with E-state index >= 15 is 0 Å². The third-order valence-corrected chi connectivity index (χ3v) is 3.89. The van der Waals surface area contributed by atoms with E-state index in [0.29, 0.717) is 23.9 Å². The van der Waals surface area contributed by atoms with Crippen molar-refractivity contribution >= 4 is 17.5 Å². The van der Waals surface area contributed by atoms with E-state index < -0.39 is 0 Å². The van der Waals surface area contributed by atoms with Crippen molar-refractivity contribution < 1.29 is 9.18 Å². The number of alkyl halides is 1. The summed E-state index contributed by atoms with van der Waals surface area (Å²) in [7, 11) is 0. The molecule has 0 N–H and O–H groups in total. The van der Waals surface area contributed by atoms with Gasteiger partial charge in [0.1, 0.15) is 5.82 Å². The minimum atomic E-state index is -0.366. The first-order valence-electron chi connectivity index (χ1n) is 6.23. The summed E-state index contributed by atoms with van der Waals surface area (Å²) in [5.74, 6) is 0.487. The lowest BCUT2D eigenvalue weighted by atomic mass is 9.98. The molecular formula is C14H17ClFNO. The van der Waals surface area contributed by atoms with Gasteiger partial charge in [-0.05, 0) is 43.4 Å². The predicted octanol–water partition coefficient (Wildman–Crippen LogP) is 3.23. The summed E-state index contributed by atoms with van der Waals surface area (Å²) < 4.78 is 13.2. The number of hydrogen-bond acceptors (Lipinski definition) is 1. The summed E-state index contributed by atoms with van der Waals surface area (Å²) in [5, 5.41) is 0. The molecular weight excluding hydrogens is 253 g/mol. The highest BCUT2D eigenvalue weighted by Crippen LogP contribution is 2.21. The van der Waals surface area contributed by atoms with Crippen molar-refractivity contribution in [1.29, 1.82) is 0 Å². The predicted molar refractivity (Wildman–Crippen MR) is 70.5 cm³/mol. The Morgan fingerprint density at radius 3 is 3.06 bits per heavy atom. The molecule has 1 fully saturated rings. The molecule has 1 unspecified atom stereocenters. The van der Waals surface area contributed by atoms with Crippen LogP contribution in [0.3, 0.4) is 0 Å². The number of halogens is 2. The molecule has 0 radical (unpaired) electrons. The van der Waals surface area contributed by atoms with Crippen molar-refractivity contribution in [2.45, 2.75) is 19.8 Å². The SMILES string of the molecule is Cc1ccc(F)cc1C(=O)N1CCCC(CCl)C1. The molecule has 1 aliphatic rings. The Bertz CT molecular complexity index is 449. The molecule has 1 heterocycles. The Kier molecular flexibility index (Phi) is 4.23. The fraction of sp³-hybridized carbons (Fsp3) is 0.500. The van der Waals surface area contributed by atoms with E-state index in [1.165, 1.54) is 12.1 Å². The zero-order chi connectivity index (χ0) is 13.1. The largest absolute Gasteiger partial charge is 0.338 e. The first kappa shape index (κ1) is 13.3. The van der Waals surface area contributed by atoms with Crippen LogP contribution in [0.25, 0.3) is 0 Å². The van der Waals surface area contributed by atoms with E-state index in [9.17, 15) is 9.18 Å². The highest BCUT2D eigenvalue weighted by molar-refractivity contribution is 6.18. The maximum atomic E-state index is 13.2. The van der Waals surface area contributed by atoms with Gasteiger partial charge in [0.15, 0.2) is 0 Å². The smallest absolute Gasteiger partial charge is 0.254 e. The number of aryl methyl sites for hydroxylation is 1. The monoisotopic (exact) mass is 269 g/mol. The number of amides is 1. The van der Waals surface area contributed by atoms with Crippen LogP contribution in [-0.4, -0.2) is 29.8 Å². The summed E-state index contributed by atoms with van der Waals surface area (Å²) in [6.45, 7) is 3.25. The first-order valence-corrected chi connectivity index (χ1v) is 6.76. The topological polar surface area (TPSA) is 20.3 Å². The van der Waals surface area contributed by atoms with Gasteiger partial charge in [0.25, 0.3) is 5.91 Å². The van der Waals surface area contributed by atoms with Crippen LogP contribution in [0, 0.1) is 18.7 Å². The van der Waals surface area contributed by atoms with Gasteiger partial charge in [-0.3, -0.25) is 4.79 Å². The first-order chi connectivity index (χ1) is 8.61. The Hall–Kier alpha value is -1.09. The fourth-order valence-corrected chi connectivity index (χ4v) is 2.62. The lowest BCUT2D eigenvalue weighted by molar-refractivity contribution is 0.0683. The average molecular weight is 270 g/mol. The summed E-state index contributed by atoms with van der Waals surface area (Å²) in [4.78, 5) is 14.1. The van der Waals surface area contributed by atoms with Crippen LogP contribution >= 0.6 is 11.6 Å². The second-order valence-electron chi connectivity index (χ2n) is 4.87. The lowest BCUT2D eigenvalue weighted by Crippen LogP contribution is -2.40. The Morgan fingerprint density at radius 2 is 2.33 bits per heavy atom. The van der Waals surface area contributed by atoms with Gasteiger partial charge in [-0.1, -0.05) is 6.07 Å². The van der Waals surface area contributed by atoms with Crippen molar-refractivity contribution in [3.8, 4) is 0 Å². The van der Waals surface area contributed by atoms with Crippen molar-refractivity contribution in [2.75, 3.05) is 19.0 Å². The van der Waals surface area contributed by atoms with E-state index in [0.717, 1.165) is 24.9 Å². The highest BCUT2D eigenvalue weighted by Gasteiger charge is 2.24. The van der Waals surface area contributed by atoms with Crippen LogP contribution in [0.2, 0.25) is 0 Å². The van der Waals surface area contributed by atoms with Crippen molar-refractivity contribution in [3.63, 3.8) is 0 Å². The molecule has 1 amide bonds. The van der Waals surface area contributed by atoms with Crippen LogP contribution in [0.15, 0.2) is 18.2 Å². The summed E-state index contributed by atoms with van der Waals surface area (Å²) in [6, 6.07) is 4.34. The quantitative estimate of drug-likeness (QED) is 0.755. The van der Waals surface area contributed by atoms with Crippen molar-refractivity contribution in [2.24, 2.45) is 5.92 Å². The number of rotatable bonds is 2. The third-order valence-electron chi connectivity index (χ3n) is 3.45. The summed E-state index contributed by atoms with van der Waals surface area (Å²) in [6.07, 6.45) is 2.03. The molecule has 0 aromatic heterocycles. The van der Waals surface area contributed by atoms with Gasteiger partial charge in [-0.2, -0.15) is 0 Å². The number of benzene rings is 1. The van der Waals surface area contributed by atoms with Gasteiger partial charge in [-0.25, -0.2) is 4.39 Å². The maximum Gasteiger partial charge on any atom is 0.254 e. The Balaban J connectivity index is 2.17. The Labute approximate surface area is 112 Å². The van der Waals surface area contributed by atoms with Gasteiger partial charge in [-0.15, -0.1) is 11.6 Å². The molecule has 0 spiro atoms. The Morgan fingerprint density at radius 1 is 1.56 bits per heavy atom. The summed E-state index contributed by atoms with van der Waals surface area (Å²) >= 11 is 5.85. The zero-order valence-corrected chi connectivity index (χ0v) is 11.2. The van der Waals surface area contributed by atoms with E-state index in [1.807, 2.05) is 6.92 Å². The van der Waals surface area contributed by atoms with Crippen LogP contribution in [0.5, 0.6) is 0 Å². The number of hydrogen-bond donors (Lipinski definition) is 0. The van der Waals surface area contributed by atoms with Gasteiger partial charge in [0, 0.05) is 24.5 Å². The molecule has 98 valence electrons. The lowest BCUT2D eigenvalue weighted by Gasteiger charge is -2.32. The zero-order valence-electron chi connectivity index (χ0n) is 10.5. The van der Waals surface area contributed by atoms with E-state index in [1.54, 1.807) is 11.0 Å². The molecule has 2 nitrogen and oxygen atoms in total. The second-order valence-corrected chi connectivity index (χ2v) is 5.18. The molecule has 4 heteroatoms. The molecule has 2 rings (SSSR count). The van der Waals surface area contributed by atoms with Gasteiger partial charge < -0.3 is 4.90 Å². The van der Waals surface area contributed by atoms with Gasteiger partial charge in [0.2, 0.25) is 0 Å². The van der Waals surface area contributed by atoms with E-state index in [4.69, 9.17) is 11.6 Å². The standard InChI is InChI=1S/C14H17ClFNO/c1-10-4-5-12(16)7-13(10)14(18)17-6-2-3-11(8-15)9-17/h4-5,7,11H,2-3,6,8-9H2,1H3. The molecule has 18 heavy (non-hydrogen) atoms. The van der Waals surface area contributed by atoms with Crippen LogP contribution in [0.4, 0.5) is 4.39 Å². The summed E-state index contributed by atoms with van der Waals surface area (Å²) in [5.41, 5.74) is 1.28. The minimum absolute atomic E-state index is 0.0817. The minimum Gasteiger partial charge on any atom is -0.338 e. The average Bonchev–Trinajstić information content (AvgIpc) is 2.41. The number of piperidine rings is 1.